The number of anilines is 1. The molecule has 0 amide bonds. The molecule has 112 valence electrons. The van der Waals surface area contributed by atoms with Crippen molar-refractivity contribution in [1.82, 2.24) is 4.98 Å². The third kappa shape index (κ3) is 4.36. The fourth-order valence-electron chi connectivity index (χ4n) is 3.01. The molecule has 1 heterocycles. The Labute approximate surface area is 135 Å². The average molecular weight is 360 g/mol. The maximum Gasteiger partial charge on any atom is 0.143 e. The molecule has 20 heavy (non-hydrogen) atoms. The summed E-state index contributed by atoms with van der Waals surface area (Å²) in [4.78, 5) is 4.14. The Balaban J connectivity index is 1.80. The Morgan fingerprint density at radius 3 is 2.50 bits per heavy atom. The Hall–Kier alpha value is -0.280. The zero-order chi connectivity index (χ0) is 14.8. The molecular formula is C16H24BrClN2. The monoisotopic (exact) mass is 358 g/mol. The number of nitrogens with zero attached hydrogens (tertiary/aromatic N) is 1. The summed E-state index contributed by atoms with van der Waals surface area (Å²) in [6.07, 6.45) is 7.18. The largest absolute Gasteiger partial charge is 0.383 e. The Kier molecular flexibility index (Phi) is 5.36. The molecule has 0 aliphatic heterocycles. The third-order valence-electron chi connectivity index (χ3n) is 4.46. The number of hydrogen-bond acceptors (Lipinski definition) is 2. The molecule has 2 nitrogen and oxygen atoms in total. The van der Waals surface area contributed by atoms with Gasteiger partial charge in [0.1, 0.15) is 5.15 Å². The van der Waals surface area contributed by atoms with E-state index < -0.39 is 0 Å². The Morgan fingerprint density at radius 2 is 1.95 bits per heavy atom. The minimum Gasteiger partial charge on any atom is -0.383 e. The smallest absolute Gasteiger partial charge is 0.143 e. The first kappa shape index (κ1) is 16.1. The summed E-state index contributed by atoms with van der Waals surface area (Å²) in [6.45, 7) is 8.14. The van der Waals surface area contributed by atoms with Crippen LogP contribution in [-0.4, -0.2) is 11.5 Å². The van der Waals surface area contributed by atoms with Crippen LogP contribution in [0, 0.1) is 17.3 Å². The molecule has 1 aliphatic rings. The van der Waals surface area contributed by atoms with Gasteiger partial charge in [0.2, 0.25) is 0 Å². The van der Waals surface area contributed by atoms with Gasteiger partial charge < -0.3 is 5.32 Å². The quantitative estimate of drug-likeness (QED) is 0.694. The normalized spacial score (nSPS) is 23.6. The number of pyridine rings is 1. The van der Waals surface area contributed by atoms with Gasteiger partial charge in [-0.2, -0.15) is 0 Å². The highest BCUT2D eigenvalue weighted by atomic mass is 79.9. The molecular weight excluding hydrogens is 336 g/mol. The summed E-state index contributed by atoms with van der Waals surface area (Å²) in [7, 11) is 0. The molecule has 1 saturated carbocycles. The predicted octanol–water partition coefficient (Wildman–Crippen LogP) is 5.76. The number of halogens is 2. The second kappa shape index (κ2) is 6.65. The van der Waals surface area contributed by atoms with Gasteiger partial charge in [-0.1, -0.05) is 32.4 Å². The van der Waals surface area contributed by atoms with Gasteiger partial charge in [-0.3, -0.25) is 0 Å². The summed E-state index contributed by atoms with van der Waals surface area (Å²) < 4.78 is 0.848. The lowest BCUT2D eigenvalue weighted by molar-refractivity contribution is 0.153. The van der Waals surface area contributed by atoms with Crippen LogP contribution >= 0.6 is 27.5 Å². The first-order valence-corrected chi connectivity index (χ1v) is 8.58. The first-order chi connectivity index (χ1) is 9.36. The van der Waals surface area contributed by atoms with E-state index in [-0.39, 0.29) is 0 Å². The number of nitrogens with one attached hydrogen (secondary N) is 1. The number of aromatic nitrogens is 1. The molecule has 2 rings (SSSR count). The zero-order valence-electron chi connectivity index (χ0n) is 12.5. The molecule has 1 aromatic rings. The Morgan fingerprint density at radius 1 is 1.30 bits per heavy atom. The van der Waals surface area contributed by atoms with Crippen molar-refractivity contribution >= 4 is 33.2 Å². The van der Waals surface area contributed by atoms with Crippen molar-refractivity contribution in [2.45, 2.75) is 46.5 Å². The van der Waals surface area contributed by atoms with Crippen LogP contribution < -0.4 is 5.32 Å². The van der Waals surface area contributed by atoms with E-state index in [1.807, 2.05) is 6.07 Å². The average Bonchev–Trinajstić information content (AvgIpc) is 2.40. The molecule has 0 bridgehead atoms. The second-order valence-corrected chi connectivity index (χ2v) is 8.17. The van der Waals surface area contributed by atoms with Gasteiger partial charge in [0.05, 0.1) is 16.4 Å². The van der Waals surface area contributed by atoms with Gasteiger partial charge in [-0.25, -0.2) is 4.98 Å². The third-order valence-corrected chi connectivity index (χ3v) is 5.60. The van der Waals surface area contributed by atoms with Crippen LogP contribution in [0.5, 0.6) is 0 Å². The van der Waals surface area contributed by atoms with E-state index >= 15 is 0 Å². The van der Waals surface area contributed by atoms with Crippen molar-refractivity contribution in [3.8, 4) is 0 Å². The summed E-state index contributed by atoms with van der Waals surface area (Å²) in [5, 5.41) is 4.00. The predicted molar refractivity (Wildman–Crippen MR) is 90.3 cm³/mol. The van der Waals surface area contributed by atoms with Gasteiger partial charge in [-0.15, -0.1) is 0 Å². The van der Waals surface area contributed by atoms with Crippen LogP contribution in [0.25, 0.3) is 0 Å². The highest BCUT2D eigenvalue weighted by Gasteiger charge is 2.29. The van der Waals surface area contributed by atoms with Crippen molar-refractivity contribution in [2.75, 3.05) is 11.9 Å². The lowest BCUT2D eigenvalue weighted by Crippen LogP contribution is -2.28. The summed E-state index contributed by atoms with van der Waals surface area (Å²) >= 11 is 9.31. The van der Waals surface area contributed by atoms with Crippen molar-refractivity contribution < 1.29 is 0 Å². The van der Waals surface area contributed by atoms with Gasteiger partial charge >= 0.3 is 0 Å². The standard InChI is InChI=1S/C16H24BrClN2/c1-16(2,3)12-6-4-11(5-7-12)9-19-13-8-14(17)15(18)20-10-13/h8,10-12,19H,4-7,9H2,1-3H3. The molecule has 1 fully saturated rings. The SMILES string of the molecule is CC(C)(C)C1CCC(CNc2cnc(Cl)c(Br)c2)CC1. The van der Waals surface area contributed by atoms with E-state index in [1.165, 1.54) is 25.7 Å². The summed E-state index contributed by atoms with van der Waals surface area (Å²) in [5.74, 6) is 1.66. The molecule has 1 aliphatic carbocycles. The highest BCUT2D eigenvalue weighted by Crippen LogP contribution is 2.39. The van der Waals surface area contributed by atoms with E-state index in [2.05, 4.69) is 47.0 Å². The molecule has 0 atom stereocenters. The highest BCUT2D eigenvalue weighted by molar-refractivity contribution is 9.10. The van der Waals surface area contributed by atoms with Crippen LogP contribution in [-0.2, 0) is 0 Å². The van der Waals surface area contributed by atoms with E-state index in [9.17, 15) is 0 Å². The van der Waals surface area contributed by atoms with E-state index in [0.29, 0.717) is 10.6 Å². The van der Waals surface area contributed by atoms with E-state index in [4.69, 9.17) is 11.6 Å². The van der Waals surface area contributed by atoms with Crippen LogP contribution in [0.4, 0.5) is 5.69 Å². The van der Waals surface area contributed by atoms with Crippen molar-refractivity contribution in [3.05, 3.63) is 21.9 Å². The minimum atomic E-state index is 0.462. The maximum atomic E-state index is 5.90. The summed E-state index contributed by atoms with van der Waals surface area (Å²) in [6, 6.07) is 2.00. The zero-order valence-corrected chi connectivity index (χ0v) is 14.9. The number of rotatable bonds is 3. The van der Waals surface area contributed by atoms with Crippen LogP contribution in [0.2, 0.25) is 5.15 Å². The first-order valence-electron chi connectivity index (χ1n) is 7.41. The number of hydrogen-bond donors (Lipinski definition) is 1. The molecule has 0 radical (unpaired) electrons. The van der Waals surface area contributed by atoms with Gasteiger partial charge in [-0.05, 0) is 64.9 Å². The molecule has 0 aromatic carbocycles. The summed E-state index contributed by atoms with van der Waals surface area (Å²) in [5.41, 5.74) is 1.50. The van der Waals surface area contributed by atoms with Gasteiger partial charge in [0.15, 0.2) is 0 Å². The molecule has 1 N–H and O–H groups in total. The van der Waals surface area contributed by atoms with Crippen molar-refractivity contribution in [1.29, 1.82) is 0 Å². The van der Waals surface area contributed by atoms with Gasteiger partial charge in [0, 0.05) is 6.54 Å². The van der Waals surface area contributed by atoms with E-state index in [0.717, 1.165) is 28.5 Å². The van der Waals surface area contributed by atoms with Crippen LogP contribution in [0.15, 0.2) is 16.7 Å². The fourth-order valence-corrected chi connectivity index (χ4v) is 3.47. The lowest BCUT2D eigenvalue weighted by Gasteiger charge is -2.37. The molecule has 4 heteroatoms. The Bertz CT molecular complexity index is 448. The molecule has 0 spiro atoms. The van der Waals surface area contributed by atoms with Crippen LogP contribution in [0.3, 0.4) is 0 Å². The van der Waals surface area contributed by atoms with Gasteiger partial charge in [0.25, 0.3) is 0 Å². The molecule has 0 unspecified atom stereocenters. The van der Waals surface area contributed by atoms with E-state index in [1.54, 1.807) is 6.20 Å². The van der Waals surface area contributed by atoms with Crippen molar-refractivity contribution in [2.24, 2.45) is 17.3 Å². The van der Waals surface area contributed by atoms with Crippen molar-refractivity contribution in [3.63, 3.8) is 0 Å². The maximum absolute atomic E-state index is 5.90. The molecule has 1 aromatic heterocycles. The minimum absolute atomic E-state index is 0.462. The second-order valence-electron chi connectivity index (χ2n) is 6.96. The van der Waals surface area contributed by atoms with Crippen LogP contribution in [0.1, 0.15) is 46.5 Å². The topological polar surface area (TPSA) is 24.9 Å². The lowest BCUT2D eigenvalue weighted by atomic mass is 9.70. The molecule has 0 saturated heterocycles. The fraction of sp³-hybridized carbons (Fsp3) is 0.688.